The fraction of sp³-hybridized carbons (Fsp3) is 0. The molecule has 0 aliphatic rings. The predicted molar refractivity (Wildman–Crippen MR) is 71.5 cm³/mol. The van der Waals surface area contributed by atoms with Crippen molar-refractivity contribution < 1.29 is 0 Å². The van der Waals surface area contributed by atoms with Gasteiger partial charge >= 0.3 is 0 Å². The minimum Gasteiger partial charge on any atom is -0.354 e. The van der Waals surface area contributed by atoms with Crippen molar-refractivity contribution in [3.05, 3.63) is 47.1 Å². The summed E-state index contributed by atoms with van der Waals surface area (Å²) < 4.78 is 0. The summed E-state index contributed by atoms with van der Waals surface area (Å²) in [5.41, 5.74) is 4.42. The van der Waals surface area contributed by atoms with E-state index in [2.05, 4.69) is 21.8 Å². The molecule has 0 spiro atoms. The first-order chi connectivity index (χ1) is 8.72. The average molecular weight is 260 g/mol. The van der Waals surface area contributed by atoms with Crippen LogP contribution in [0.15, 0.2) is 36.5 Å². The van der Waals surface area contributed by atoms with Gasteiger partial charge in [-0.1, -0.05) is 11.6 Å². The zero-order valence-electron chi connectivity index (χ0n) is 9.31. The van der Waals surface area contributed by atoms with Gasteiger partial charge in [0.15, 0.2) is 0 Å². The van der Waals surface area contributed by atoms with E-state index in [1.165, 1.54) is 0 Å². The van der Waals surface area contributed by atoms with Crippen molar-refractivity contribution in [1.29, 1.82) is 5.26 Å². The number of halogens is 1. The van der Waals surface area contributed by atoms with E-state index in [9.17, 15) is 0 Å². The molecule has 0 saturated carbocycles. The molecule has 0 fully saturated rings. The maximum Gasteiger partial charge on any atom is 0.141 e. The molecule has 0 radical (unpaired) electrons. The Balaban J connectivity index is 2.30. The fourth-order valence-electron chi connectivity index (χ4n) is 1.43. The van der Waals surface area contributed by atoms with Crippen LogP contribution in [0.5, 0.6) is 0 Å². The lowest BCUT2D eigenvalue weighted by Gasteiger charge is -2.09. The van der Waals surface area contributed by atoms with Gasteiger partial charge in [-0.25, -0.2) is 10.8 Å². The van der Waals surface area contributed by atoms with E-state index in [-0.39, 0.29) is 0 Å². The number of hydrazine groups is 1. The Morgan fingerprint density at radius 1 is 1.28 bits per heavy atom. The number of nitrogens with two attached hydrogens (primary N) is 1. The topological polar surface area (TPSA) is 86.8 Å². The maximum absolute atomic E-state index is 8.84. The molecule has 0 aliphatic carbocycles. The van der Waals surface area contributed by atoms with Gasteiger partial charge in [-0.2, -0.15) is 5.26 Å². The molecule has 0 aliphatic heterocycles. The molecule has 18 heavy (non-hydrogen) atoms. The molecular formula is C12H10ClN5. The molecule has 0 bridgehead atoms. The summed E-state index contributed by atoms with van der Waals surface area (Å²) in [6.07, 6.45) is 1.61. The molecule has 0 amide bonds. The molecule has 4 N–H and O–H groups in total. The summed E-state index contributed by atoms with van der Waals surface area (Å²) in [5, 5.41) is 12.5. The van der Waals surface area contributed by atoms with Gasteiger partial charge in [-0.15, -0.1) is 0 Å². The molecule has 0 saturated heterocycles. The Morgan fingerprint density at radius 3 is 2.83 bits per heavy atom. The van der Waals surface area contributed by atoms with Crippen LogP contribution in [0.3, 0.4) is 0 Å². The number of aromatic nitrogens is 1. The Labute approximate surface area is 109 Å². The van der Waals surface area contributed by atoms with E-state index in [1.807, 2.05) is 0 Å². The Bertz CT molecular complexity index is 606. The standard InChI is InChI=1S/C12H10ClN5/c13-10-2-1-8(7-14)5-11(10)17-9-3-4-16-12(6-9)18-15/h1-6H,15H2,(H2,16,17,18). The number of benzene rings is 1. The molecule has 1 aromatic carbocycles. The molecule has 1 heterocycles. The second-order valence-electron chi connectivity index (χ2n) is 3.51. The maximum atomic E-state index is 8.84. The van der Waals surface area contributed by atoms with E-state index in [1.54, 1.807) is 36.5 Å². The van der Waals surface area contributed by atoms with Crippen molar-refractivity contribution >= 4 is 28.8 Å². The normalized spacial score (nSPS) is 9.61. The highest BCUT2D eigenvalue weighted by Crippen LogP contribution is 2.26. The van der Waals surface area contributed by atoms with Crippen molar-refractivity contribution in [2.45, 2.75) is 0 Å². The largest absolute Gasteiger partial charge is 0.354 e. The van der Waals surface area contributed by atoms with Gasteiger partial charge in [0.05, 0.1) is 22.3 Å². The summed E-state index contributed by atoms with van der Waals surface area (Å²) in [5.74, 6) is 5.81. The quantitative estimate of drug-likeness (QED) is 0.583. The van der Waals surface area contributed by atoms with Crippen molar-refractivity contribution in [2.24, 2.45) is 5.84 Å². The van der Waals surface area contributed by atoms with Crippen molar-refractivity contribution in [1.82, 2.24) is 4.98 Å². The third-order valence-corrected chi connectivity index (χ3v) is 2.61. The number of nitrogen functional groups attached to an aromatic ring is 1. The Hall–Kier alpha value is -2.29. The number of nitrogens with zero attached hydrogens (tertiary/aromatic N) is 2. The van der Waals surface area contributed by atoms with Gasteiger partial charge in [0.2, 0.25) is 0 Å². The van der Waals surface area contributed by atoms with Crippen LogP contribution in [0, 0.1) is 11.3 Å². The number of nitrogens with one attached hydrogen (secondary N) is 2. The minimum atomic E-state index is 0.535. The third-order valence-electron chi connectivity index (χ3n) is 2.28. The molecule has 5 nitrogen and oxygen atoms in total. The van der Waals surface area contributed by atoms with Gasteiger partial charge in [-0.05, 0) is 24.3 Å². The monoisotopic (exact) mass is 259 g/mol. The van der Waals surface area contributed by atoms with Crippen LogP contribution in [0.4, 0.5) is 17.2 Å². The van der Waals surface area contributed by atoms with Crippen molar-refractivity contribution in [3.63, 3.8) is 0 Å². The van der Waals surface area contributed by atoms with Crippen LogP contribution in [0.1, 0.15) is 5.56 Å². The molecule has 90 valence electrons. The van der Waals surface area contributed by atoms with E-state index in [4.69, 9.17) is 22.7 Å². The van der Waals surface area contributed by atoms with Gasteiger partial charge in [-0.3, -0.25) is 0 Å². The molecular weight excluding hydrogens is 250 g/mol. The zero-order valence-corrected chi connectivity index (χ0v) is 10.1. The van der Waals surface area contributed by atoms with E-state index < -0.39 is 0 Å². The Morgan fingerprint density at radius 2 is 2.11 bits per heavy atom. The zero-order chi connectivity index (χ0) is 13.0. The third kappa shape index (κ3) is 2.69. The van der Waals surface area contributed by atoms with E-state index in [0.29, 0.717) is 22.1 Å². The van der Waals surface area contributed by atoms with Crippen LogP contribution in [0.25, 0.3) is 0 Å². The molecule has 2 aromatic rings. The number of hydrogen-bond acceptors (Lipinski definition) is 5. The van der Waals surface area contributed by atoms with Crippen LogP contribution in [-0.2, 0) is 0 Å². The predicted octanol–water partition coefficient (Wildman–Crippen LogP) is 2.64. The lowest BCUT2D eigenvalue weighted by molar-refractivity contribution is 1.23. The number of nitriles is 1. The number of anilines is 3. The van der Waals surface area contributed by atoms with E-state index in [0.717, 1.165) is 5.69 Å². The highest BCUT2D eigenvalue weighted by Gasteiger charge is 2.03. The van der Waals surface area contributed by atoms with Crippen molar-refractivity contribution in [2.75, 3.05) is 10.7 Å². The molecule has 0 atom stereocenters. The minimum absolute atomic E-state index is 0.535. The first kappa shape index (κ1) is 12.2. The fourth-order valence-corrected chi connectivity index (χ4v) is 1.60. The Kier molecular flexibility index (Phi) is 3.63. The first-order valence-electron chi connectivity index (χ1n) is 5.12. The summed E-state index contributed by atoms with van der Waals surface area (Å²) in [6, 6.07) is 10.6. The molecule has 0 unspecified atom stereocenters. The summed E-state index contributed by atoms with van der Waals surface area (Å²) >= 11 is 6.05. The molecule has 2 rings (SSSR count). The second-order valence-corrected chi connectivity index (χ2v) is 3.91. The van der Waals surface area contributed by atoms with Crippen LogP contribution in [0.2, 0.25) is 5.02 Å². The summed E-state index contributed by atoms with van der Waals surface area (Å²) in [6.45, 7) is 0. The smallest absolute Gasteiger partial charge is 0.141 e. The van der Waals surface area contributed by atoms with Gasteiger partial charge in [0, 0.05) is 18.0 Å². The number of hydrogen-bond donors (Lipinski definition) is 3. The van der Waals surface area contributed by atoms with Crippen LogP contribution >= 0.6 is 11.6 Å². The number of rotatable bonds is 3. The van der Waals surface area contributed by atoms with Crippen molar-refractivity contribution in [3.8, 4) is 6.07 Å². The summed E-state index contributed by atoms with van der Waals surface area (Å²) in [4.78, 5) is 3.99. The first-order valence-corrected chi connectivity index (χ1v) is 5.50. The average Bonchev–Trinajstić information content (AvgIpc) is 2.41. The second kappa shape index (κ2) is 5.36. The lowest BCUT2D eigenvalue weighted by Crippen LogP contribution is -2.08. The van der Waals surface area contributed by atoms with Crippen LogP contribution in [-0.4, -0.2) is 4.98 Å². The highest BCUT2D eigenvalue weighted by molar-refractivity contribution is 6.33. The highest BCUT2D eigenvalue weighted by atomic mass is 35.5. The van der Waals surface area contributed by atoms with Gasteiger partial charge < -0.3 is 10.7 Å². The number of pyridine rings is 1. The molecule has 6 heteroatoms. The van der Waals surface area contributed by atoms with E-state index >= 15 is 0 Å². The molecule has 1 aromatic heterocycles. The van der Waals surface area contributed by atoms with Crippen LogP contribution < -0.4 is 16.6 Å². The SMILES string of the molecule is N#Cc1ccc(Cl)c(Nc2ccnc(NN)c2)c1. The summed E-state index contributed by atoms with van der Waals surface area (Å²) in [7, 11) is 0. The lowest BCUT2D eigenvalue weighted by atomic mass is 10.2. The van der Waals surface area contributed by atoms with Gasteiger partial charge in [0.1, 0.15) is 5.82 Å². The van der Waals surface area contributed by atoms with Gasteiger partial charge in [0.25, 0.3) is 0 Å².